The van der Waals surface area contributed by atoms with Crippen molar-refractivity contribution in [2.75, 3.05) is 5.75 Å². The number of carbonyl (C=O) groups is 2. The number of nitrogens with two attached hydrogens (primary N) is 1. The number of hydrogen-bond donors (Lipinski definition) is 3. The molecule has 7 nitrogen and oxygen atoms in total. The van der Waals surface area contributed by atoms with E-state index in [1.54, 1.807) is 6.92 Å². The second-order valence-corrected chi connectivity index (χ2v) is 6.32. The van der Waals surface area contributed by atoms with Gasteiger partial charge >= 0.3 is 18.1 Å². The van der Waals surface area contributed by atoms with Crippen LogP contribution in [0.2, 0.25) is 0 Å². The lowest BCUT2D eigenvalue weighted by atomic mass is 10.1. The van der Waals surface area contributed by atoms with E-state index < -0.39 is 23.7 Å². The summed E-state index contributed by atoms with van der Waals surface area (Å²) in [7, 11) is 0. The number of thioether (sulfide) groups is 1. The Kier molecular flexibility index (Phi) is 6.13. The molecule has 128 valence electrons. The van der Waals surface area contributed by atoms with Crippen LogP contribution in [0.15, 0.2) is 10.4 Å². The first-order chi connectivity index (χ1) is 10.5. The Bertz CT molecular complexity index is 632. The molecule has 2 heterocycles. The van der Waals surface area contributed by atoms with E-state index in [0.29, 0.717) is 17.3 Å². The second-order valence-electron chi connectivity index (χ2n) is 4.42. The molecule has 12 heteroatoms. The van der Waals surface area contributed by atoms with Crippen LogP contribution in [0.4, 0.5) is 13.2 Å². The molecular formula is C11H12F3N3O4S2. The average Bonchev–Trinajstić information content (AvgIpc) is 3.05. The monoisotopic (exact) mass is 371 g/mol. The van der Waals surface area contributed by atoms with Gasteiger partial charge < -0.3 is 15.9 Å². The van der Waals surface area contributed by atoms with Crippen LogP contribution in [0.5, 0.6) is 0 Å². The lowest BCUT2D eigenvalue weighted by molar-refractivity contribution is -0.192. The summed E-state index contributed by atoms with van der Waals surface area (Å²) in [5, 5.41) is 19.5. The molecule has 0 saturated heterocycles. The van der Waals surface area contributed by atoms with Crippen LogP contribution < -0.4 is 5.73 Å². The Labute approximate surface area is 136 Å². The quantitative estimate of drug-likeness (QED) is 0.736. The van der Waals surface area contributed by atoms with Crippen LogP contribution in [0, 0.1) is 0 Å². The van der Waals surface area contributed by atoms with Crippen molar-refractivity contribution in [3.63, 3.8) is 0 Å². The van der Waals surface area contributed by atoms with Gasteiger partial charge in [-0.05, 0) is 6.92 Å². The van der Waals surface area contributed by atoms with Crippen molar-refractivity contribution < 1.29 is 33.0 Å². The van der Waals surface area contributed by atoms with Gasteiger partial charge in [-0.3, -0.25) is 4.99 Å². The fourth-order valence-electron chi connectivity index (χ4n) is 1.24. The third-order valence-electron chi connectivity index (χ3n) is 2.49. The summed E-state index contributed by atoms with van der Waals surface area (Å²) in [5.41, 5.74) is 5.19. The molecule has 0 unspecified atom stereocenters. The maximum absolute atomic E-state index is 11.0. The number of hydrogen-bond acceptors (Lipinski definition) is 7. The second kappa shape index (κ2) is 7.27. The van der Waals surface area contributed by atoms with Gasteiger partial charge in [0.05, 0.1) is 0 Å². The molecule has 2 rings (SSSR count). The molecule has 1 aliphatic heterocycles. The number of carboxylic acids is 2. The lowest BCUT2D eigenvalue weighted by Crippen LogP contribution is -2.33. The predicted octanol–water partition coefficient (Wildman–Crippen LogP) is 1.57. The number of halogens is 3. The fraction of sp³-hybridized carbons (Fsp3) is 0.455. The van der Waals surface area contributed by atoms with Gasteiger partial charge in [0.25, 0.3) is 0 Å². The van der Waals surface area contributed by atoms with Gasteiger partial charge in [0.15, 0.2) is 5.54 Å². The minimum atomic E-state index is -5.08. The number of thiazole rings is 1. The standard InChI is InChI=1S/C9H11N3O2S2.C2HF3O2/c1-9(8(13)14)4-16-7(12-9)5-3-15-6(2-10)11-5;3-2(4,5)1(6)7/h3H,2,4,10H2,1H3,(H,13,14);(H,6,7)/t9-;/m0./s1. The van der Waals surface area contributed by atoms with Gasteiger partial charge in [-0.25, -0.2) is 14.6 Å². The molecule has 1 aromatic heterocycles. The van der Waals surface area contributed by atoms with E-state index in [2.05, 4.69) is 9.98 Å². The molecule has 0 bridgehead atoms. The van der Waals surface area contributed by atoms with Crippen molar-refractivity contribution in [3.05, 3.63) is 16.1 Å². The molecule has 0 radical (unpaired) electrons. The van der Waals surface area contributed by atoms with E-state index in [0.717, 1.165) is 10.7 Å². The van der Waals surface area contributed by atoms with E-state index >= 15 is 0 Å². The molecule has 0 spiro atoms. The number of nitrogens with zero attached hydrogens (tertiary/aromatic N) is 2. The molecule has 4 N–H and O–H groups in total. The number of aliphatic carboxylic acids is 2. The first kappa shape index (κ1) is 19.4. The van der Waals surface area contributed by atoms with Crippen LogP contribution >= 0.6 is 23.1 Å². The Hall–Kier alpha value is -1.66. The first-order valence-corrected chi connectivity index (χ1v) is 7.77. The Balaban J connectivity index is 0.000000322. The molecule has 0 saturated carbocycles. The lowest BCUT2D eigenvalue weighted by Gasteiger charge is -2.11. The number of aliphatic imine (C=N–C) groups is 1. The van der Waals surface area contributed by atoms with Crippen LogP contribution in [0.3, 0.4) is 0 Å². The average molecular weight is 371 g/mol. The summed E-state index contributed by atoms with van der Waals surface area (Å²) in [5.74, 6) is -3.20. The van der Waals surface area contributed by atoms with E-state index in [1.165, 1.54) is 23.1 Å². The van der Waals surface area contributed by atoms with Gasteiger partial charge in [-0.15, -0.1) is 23.1 Å². The normalized spacial score (nSPS) is 20.5. The first-order valence-electron chi connectivity index (χ1n) is 5.90. The van der Waals surface area contributed by atoms with Crippen LogP contribution in [-0.4, -0.2) is 49.6 Å². The third-order valence-corrected chi connectivity index (χ3v) is 4.64. The Morgan fingerprint density at radius 3 is 2.35 bits per heavy atom. The number of rotatable bonds is 3. The maximum atomic E-state index is 11.0. The van der Waals surface area contributed by atoms with Crippen LogP contribution in [0.25, 0.3) is 0 Å². The summed E-state index contributed by atoms with van der Waals surface area (Å²) in [6.07, 6.45) is -5.08. The molecule has 1 atom stereocenters. The molecule has 0 aromatic carbocycles. The summed E-state index contributed by atoms with van der Waals surface area (Å²) in [4.78, 5) is 28.4. The van der Waals surface area contributed by atoms with Gasteiger partial charge in [0, 0.05) is 17.7 Å². The van der Waals surface area contributed by atoms with Gasteiger partial charge in [0.2, 0.25) is 0 Å². The third kappa shape index (κ3) is 5.18. The van der Waals surface area contributed by atoms with Gasteiger partial charge in [0.1, 0.15) is 15.7 Å². The van der Waals surface area contributed by atoms with Crippen molar-refractivity contribution >= 4 is 40.1 Å². The smallest absolute Gasteiger partial charge is 0.479 e. The number of aromatic nitrogens is 1. The van der Waals surface area contributed by atoms with Crippen molar-refractivity contribution in [2.45, 2.75) is 25.2 Å². The van der Waals surface area contributed by atoms with Crippen molar-refractivity contribution in [2.24, 2.45) is 10.7 Å². The van der Waals surface area contributed by atoms with Crippen LogP contribution in [0.1, 0.15) is 17.6 Å². The molecule has 0 amide bonds. The number of alkyl halides is 3. The summed E-state index contributed by atoms with van der Waals surface area (Å²) in [6.45, 7) is 2.02. The minimum Gasteiger partial charge on any atom is -0.479 e. The van der Waals surface area contributed by atoms with E-state index in [9.17, 15) is 18.0 Å². The maximum Gasteiger partial charge on any atom is 0.490 e. The highest BCUT2D eigenvalue weighted by Gasteiger charge is 2.39. The van der Waals surface area contributed by atoms with E-state index in [1.807, 2.05) is 5.38 Å². The molecule has 23 heavy (non-hydrogen) atoms. The largest absolute Gasteiger partial charge is 0.490 e. The zero-order valence-corrected chi connectivity index (χ0v) is 13.3. The fourth-order valence-corrected chi connectivity index (χ4v) is 3.10. The molecule has 1 aliphatic rings. The molecule has 1 aromatic rings. The minimum absolute atomic E-state index is 0.402. The van der Waals surface area contributed by atoms with Gasteiger partial charge in [-0.1, -0.05) is 0 Å². The topological polar surface area (TPSA) is 126 Å². The Morgan fingerprint density at radius 1 is 1.43 bits per heavy atom. The summed E-state index contributed by atoms with van der Waals surface area (Å²) in [6, 6.07) is 0. The highest BCUT2D eigenvalue weighted by atomic mass is 32.2. The highest BCUT2D eigenvalue weighted by Crippen LogP contribution is 2.31. The van der Waals surface area contributed by atoms with Crippen molar-refractivity contribution in [3.8, 4) is 0 Å². The van der Waals surface area contributed by atoms with Crippen molar-refractivity contribution in [1.82, 2.24) is 4.98 Å². The van der Waals surface area contributed by atoms with E-state index in [-0.39, 0.29) is 0 Å². The van der Waals surface area contributed by atoms with Crippen molar-refractivity contribution in [1.29, 1.82) is 0 Å². The SMILES string of the molecule is C[C@@]1(C(=O)O)CSC(c2csc(CN)n2)=N1.O=C(O)C(F)(F)F. The molecule has 0 fully saturated rings. The Morgan fingerprint density at radius 2 is 2.00 bits per heavy atom. The zero-order chi connectivity index (χ0) is 17.8. The molecule has 0 aliphatic carbocycles. The summed E-state index contributed by atoms with van der Waals surface area (Å²) >= 11 is 2.89. The van der Waals surface area contributed by atoms with Gasteiger partial charge in [-0.2, -0.15) is 13.2 Å². The number of carboxylic acid groups (broad SMARTS) is 2. The van der Waals surface area contributed by atoms with E-state index in [4.69, 9.17) is 20.7 Å². The van der Waals surface area contributed by atoms with Crippen LogP contribution in [-0.2, 0) is 16.1 Å². The summed E-state index contributed by atoms with van der Waals surface area (Å²) < 4.78 is 31.7. The molecular weight excluding hydrogens is 359 g/mol. The predicted molar refractivity (Wildman–Crippen MR) is 78.7 cm³/mol. The zero-order valence-electron chi connectivity index (χ0n) is 11.6. The highest BCUT2D eigenvalue weighted by molar-refractivity contribution is 8.14.